The van der Waals surface area contributed by atoms with E-state index in [0.717, 1.165) is 51.6 Å². The number of hydrogen-bond donors (Lipinski definition) is 0. The zero-order chi connectivity index (χ0) is 16.0. The second-order valence-corrected chi connectivity index (χ2v) is 7.44. The summed E-state index contributed by atoms with van der Waals surface area (Å²) < 4.78 is 0. The molecule has 4 aliphatic rings. The Morgan fingerprint density at radius 1 is 0.870 bits per heavy atom. The first kappa shape index (κ1) is 15.0. The quantitative estimate of drug-likeness (QED) is 0.742. The maximum Gasteiger partial charge on any atom is 0.327 e. The number of carbonyl (C=O) groups excluding carboxylic acids is 3. The minimum absolute atomic E-state index is 0.0399. The van der Waals surface area contributed by atoms with Crippen LogP contribution in [0.25, 0.3) is 0 Å². The average molecular weight is 319 g/mol. The molecule has 6 nitrogen and oxygen atoms in total. The molecule has 2 aliphatic carbocycles. The van der Waals surface area contributed by atoms with Crippen LogP contribution in [0.15, 0.2) is 0 Å². The summed E-state index contributed by atoms with van der Waals surface area (Å²) in [7, 11) is 0. The van der Waals surface area contributed by atoms with Gasteiger partial charge in [-0.15, -0.1) is 0 Å². The molecule has 0 N–H and O–H groups in total. The Hall–Kier alpha value is -1.59. The molecule has 0 unspecified atom stereocenters. The summed E-state index contributed by atoms with van der Waals surface area (Å²) in [5.41, 5.74) is 0. The van der Waals surface area contributed by atoms with Gasteiger partial charge in [-0.2, -0.15) is 0 Å². The highest BCUT2D eigenvalue weighted by Gasteiger charge is 2.47. The number of hydrogen-bond acceptors (Lipinski definition) is 3. The number of carbonyl (C=O) groups is 3. The van der Waals surface area contributed by atoms with Crippen LogP contribution in [0.1, 0.15) is 51.4 Å². The van der Waals surface area contributed by atoms with Crippen molar-refractivity contribution in [2.45, 2.75) is 63.5 Å². The summed E-state index contributed by atoms with van der Waals surface area (Å²) in [6.45, 7) is 1.68. The molecule has 2 saturated heterocycles. The van der Waals surface area contributed by atoms with Crippen LogP contribution in [0.2, 0.25) is 0 Å². The van der Waals surface area contributed by atoms with Crippen molar-refractivity contribution in [3.63, 3.8) is 0 Å². The smallest absolute Gasteiger partial charge is 0.327 e. The fourth-order valence-corrected chi connectivity index (χ4v) is 4.34. The lowest BCUT2D eigenvalue weighted by Gasteiger charge is -2.37. The molecule has 0 atom stereocenters. The maximum atomic E-state index is 12.5. The van der Waals surface area contributed by atoms with Gasteiger partial charge in [-0.05, 0) is 38.5 Å². The zero-order valence-electron chi connectivity index (χ0n) is 13.6. The van der Waals surface area contributed by atoms with Crippen LogP contribution < -0.4 is 0 Å². The van der Waals surface area contributed by atoms with Crippen LogP contribution in [0.5, 0.6) is 0 Å². The van der Waals surface area contributed by atoms with Gasteiger partial charge in [-0.1, -0.05) is 12.8 Å². The van der Waals surface area contributed by atoms with Gasteiger partial charge in [0.15, 0.2) is 0 Å². The molecule has 23 heavy (non-hydrogen) atoms. The van der Waals surface area contributed by atoms with E-state index in [1.807, 2.05) is 4.90 Å². The SMILES string of the molecule is O=C(C1CCCC1)N1CCC(N2CC(=O)N(C3CC3)C2=O)CC1. The van der Waals surface area contributed by atoms with Gasteiger partial charge in [0.2, 0.25) is 5.91 Å². The molecule has 126 valence electrons. The molecule has 2 heterocycles. The van der Waals surface area contributed by atoms with Gasteiger partial charge >= 0.3 is 6.03 Å². The number of piperidine rings is 1. The average Bonchev–Trinajstić information content (AvgIpc) is 3.14. The van der Waals surface area contributed by atoms with Crippen LogP contribution in [-0.4, -0.2) is 64.3 Å². The highest BCUT2D eigenvalue weighted by molar-refractivity contribution is 6.02. The molecule has 4 fully saturated rings. The van der Waals surface area contributed by atoms with Crippen molar-refractivity contribution in [3.8, 4) is 0 Å². The topological polar surface area (TPSA) is 60.9 Å². The van der Waals surface area contributed by atoms with Crippen LogP contribution >= 0.6 is 0 Å². The van der Waals surface area contributed by atoms with E-state index in [-0.39, 0.29) is 36.5 Å². The highest BCUT2D eigenvalue weighted by atomic mass is 16.2. The Labute approximate surface area is 136 Å². The fourth-order valence-electron chi connectivity index (χ4n) is 4.34. The second-order valence-electron chi connectivity index (χ2n) is 7.44. The van der Waals surface area contributed by atoms with E-state index in [1.165, 1.54) is 17.7 Å². The molecule has 2 aliphatic heterocycles. The van der Waals surface area contributed by atoms with Gasteiger partial charge in [0.1, 0.15) is 6.54 Å². The number of urea groups is 1. The Kier molecular flexibility index (Phi) is 3.77. The van der Waals surface area contributed by atoms with E-state index >= 15 is 0 Å². The predicted molar refractivity (Wildman–Crippen MR) is 83.5 cm³/mol. The molecule has 2 saturated carbocycles. The van der Waals surface area contributed by atoms with E-state index in [1.54, 1.807) is 4.90 Å². The molecule has 0 aromatic rings. The summed E-state index contributed by atoms with van der Waals surface area (Å²) in [5, 5.41) is 0. The molecule has 0 aromatic heterocycles. The lowest BCUT2D eigenvalue weighted by Crippen LogP contribution is -2.49. The maximum absolute atomic E-state index is 12.5. The third-order valence-electron chi connectivity index (χ3n) is 5.86. The van der Waals surface area contributed by atoms with Crippen molar-refractivity contribution >= 4 is 17.8 Å². The van der Waals surface area contributed by atoms with Crippen LogP contribution in [0.3, 0.4) is 0 Å². The summed E-state index contributed by atoms with van der Waals surface area (Å²) in [4.78, 5) is 42.2. The van der Waals surface area contributed by atoms with Gasteiger partial charge in [0.05, 0.1) is 0 Å². The van der Waals surface area contributed by atoms with E-state index in [9.17, 15) is 14.4 Å². The number of nitrogens with zero attached hydrogens (tertiary/aromatic N) is 3. The predicted octanol–water partition coefficient (Wildman–Crippen LogP) is 1.59. The first-order chi connectivity index (χ1) is 11.1. The molecule has 4 rings (SSSR count). The van der Waals surface area contributed by atoms with Gasteiger partial charge in [-0.25, -0.2) is 4.79 Å². The molecule has 0 radical (unpaired) electrons. The molecule has 6 heteroatoms. The molecule has 0 aromatic carbocycles. The lowest BCUT2D eigenvalue weighted by molar-refractivity contribution is -0.137. The summed E-state index contributed by atoms with van der Waals surface area (Å²) >= 11 is 0. The number of imide groups is 1. The molecular weight excluding hydrogens is 294 g/mol. The number of amides is 4. The van der Waals surface area contributed by atoms with Crippen molar-refractivity contribution in [1.82, 2.24) is 14.7 Å². The Balaban J connectivity index is 1.33. The van der Waals surface area contributed by atoms with Crippen LogP contribution in [-0.2, 0) is 9.59 Å². The molecular formula is C17H25N3O3. The molecule has 0 spiro atoms. The van der Waals surface area contributed by atoms with Crippen molar-refractivity contribution in [2.75, 3.05) is 19.6 Å². The van der Waals surface area contributed by atoms with Gasteiger partial charge in [0, 0.05) is 31.1 Å². The lowest BCUT2D eigenvalue weighted by atomic mass is 10.0. The Morgan fingerprint density at radius 2 is 1.52 bits per heavy atom. The van der Waals surface area contributed by atoms with Crippen molar-refractivity contribution < 1.29 is 14.4 Å². The van der Waals surface area contributed by atoms with Crippen molar-refractivity contribution in [3.05, 3.63) is 0 Å². The minimum Gasteiger partial charge on any atom is -0.342 e. The van der Waals surface area contributed by atoms with Crippen LogP contribution in [0.4, 0.5) is 4.79 Å². The van der Waals surface area contributed by atoms with Gasteiger partial charge in [0.25, 0.3) is 5.91 Å². The van der Waals surface area contributed by atoms with E-state index in [4.69, 9.17) is 0 Å². The minimum atomic E-state index is -0.0990. The standard InChI is InChI=1S/C17H25N3O3/c21-15-11-19(17(23)20(15)14-5-6-14)13-7-9-18(10-8-13)16(22)12-3-1-2-4-12/h12-14H,1-11H2. The largest absolute Gasteiger partial charge is 0.342 e. The van der Waals surface area contributed by atoms with Crippen LogP contribution in [0, 0.1) is 5.92 Å². The monoisotopic (exact) mass is 319 g/mol. The van der Waals surface area contributed by atoms with E-state index in [2.05, 4.69) is 0 Å². The first-order valence-electron chi connectivity index (χ1n) is 9.06. The fraction of sp³-hybridized carbons (Fsp3) is 0.824. The zero-order valence-corrected chi connectivity index (χ0v) is 13.6. The third-order valence-corrected chi connectivity index (χ3v) is 5.86. The number of rotatable bonds is 3. The first-order valence-corrected chi connectivity index (χ1v) is 9.06. The van der Waals surface area contributed by atoms with E-state index < -0.39 is 0 Å². The van der Waals surface area contributed by atoms with Crippen molar-refractivity contribution in [1.29, 1.82) is 0 Å². The summed E-state index contributed by atoms with van der Waals surface area (Å²) in [6, 6.07) is 0.171. The number of likely N-dealkylation sites (tertiary alicyclic amines) is 1. The van der Waals surface area contributed by atoms with Gasteiger partial charge < -0.3 is 9.80 Å². The van der Waals surface area contributed by atoms with Crippen molar-refractivity contribution in [2.24, 2.45) is 5.92 Å². The summed E-state index contributed by atoms with van der Waals surface area (Å²) in [6.07, 6.45) is 7.94. The Morgan fingerprint density at radius 3 is 2.13 bits per heavy atom. The Bertz CT molecular complexity index is 517. The summed E-state index contributed by atoms with van der Waals surface area (Å²) in [5.74, 6) is 0.498. The molecule has 0 bridgehead atoms. The van der Waals surface area contributed by atoms with E-state index in [0.29, 0.717) is 5.91 Å². The second kappa shape index (κ2) is 5.80. The van der Waals surface area contributed by atoms with Gasteiger partial charge in [-0.3, -0.25) is 14.5 Å². The highest BCUT2D eigenvalue weighted by Crippen LogP contribution is 2.33. The third kappa shape index (κ3) is 2.72. The molecule has 4 amide bonds. The normalized spacial score (nSPS) is 27.4.